The summed E-state index contributed by atoms with van der Waals surface area (Å²) in [6.45, 7) is 2.17. The van der Waals surface area contributed by atoms with Crippen molar-refractivity contribution in [2.45, 2.75) is 29.9 Å². The van der Waals surface area contributed by atoms with Gasteiger partial charge >= 0.3 is 0 Å². The highest BCUT2D eigenvalue weighted by atomic mass is 32.2. The van der Waals surface area contributed by atoms with Crippen LogP contribution in [0.4, 0.5) is 5.69 Å². The fourth-order valence-corrected chi connectivity index (χ4v) is 4.45. The Balaban J connectivity index is 1.65. The third kappa shape index (κ3) is 5.52. The van der Waals surface area contributed by atoms with E-state index in [1.165, 1.54) is 0 Å². The summed E-state index contributed by atoms with van der Waals surface area (Å²) >= 11 is 0. The van der Waals surface area contributed by atoms with Gasteiger partial charge in [0.2, 0.25) is 0 Å². The number of rotatable bonds is 7. The lowest BCUT2D eigenvalue weighted by Gasteiger charge is -2.35. The molecule has 2 aromatic carbocycles. The third-order valence-corrected chi connectivity index (χ3v) is 5.95. The largest absolute Gasteiger partial charge is 0.386 e. The van der Waals surface area contributed by atoms with Crippen LogP contribution < -0.4 is 4.72 Å². The van der Waals surface area contributed by atoms with Crippen molar-refractivity contribution in [3.05, 3.63) is 60.2 Å². The molecule has 1 saturated heterocycles. The smallest absolute Gasteiger partial charge is 0.261 e. The summed E-state index contributed by atoms with van der Waals surface area (Å²) in [4.78, 5) is 2.26. The molecule has 1 fully saturated rings. The number of likely N-dealkylation sites (N-methyl/N-ethyl adjacent to an activating group) is 1. The number of anilines is 1. The monoisotopic (exact) mass is 390 g/mol. The van der Waals surface area contributed by atoms with Crippen LogP contribution in [-0.4, -0.2) is 50.8 Å². The standard InChI is InChI=1S/C20H26N2O4S/c1-22(15-20(23)11-6-12-26-16-20)14-17-7-5-8-18(13-17)21-27(24,25)19-9-3-2-4-10-19/h2-5,7-10,13,21,23H,6,11-12,14-16H2,1H3. The van der Waals surface area contributed by atoms with Gasteiger partial charge in [-0.25, -0.2) is 8.42 Å². The highest BCUT2D eigenvalue weighted by Crippen LogP contribution is 2.22. The van der Waals surface area contributed by atoms with E-state index >= 15 is 0 Å². The molecule has 146 valence electrons. The molecule has 7 heteroatoms. The van der Waals surface area contributed by atoms with E-state index in [4.69, 9.17) is 4.74 Å². The van der Waals surface area contributed by atoms with Crippen LogP contribution in [0.25, 0.3) is 0 Å². The quantitative estimate of drug-likeness (QED) is 0.759. The molecule has 0 bridgehead atoms. The van der Waals surface area contributed by atoms with E-state index in [2.05, 4.69) is 4.72 Å². The normalized spacial score (nSPS) is 20.6. The second-order valence-electron chi connectivity index (χ2n) is 7.17. The number of hydrogen-bond donors (Lipinski definition) is 2. The van der Waals surface area contributed by atoms with Crippen LogP contribution in [0.2, 0.25) is 0 Å². The summed E-state index contributed by atoms with van der Waals surface area (Å²) in [6, 6.07) is 15.6. The molecular weight excluding hydrogens is 364 g/mol. The van der Waals surface area contributed by atoms with Crippen molar-refractivity contribution < 1.29 is 18.3 Å². The molecular formula is C20H26N2O4S. The molecule has 1 unspecified atom stereocenters. The number of nitrogens with one attached hydrogen (secondary N) is 1. The zero-order chi connectivity index (χ0) is 19.3. The van der Waals surface area contributed by atoms with Crippen LogP contribution in [0.3, 0.4) is 0 Å². The molecule has 0 radical (unpaired) electrons. The van der Waals surface area contributed by atoms with Gasteiger partial charge in [-0.05, 0) is 49.7 Å². The van der Waals surface area contributed by atoms with Crippen molar-refractivity contribution in [2.24, 2.45) is 0 Å². The lowest BCUT2D eigenvalue weighted by atomic mass is 9.96. The zero-order valence-electron chi connectivity index (χ0n) is 15.5. The predicted molar refractivity (Wildman–Crippen MR) is 105 cm³/mol. The fraction of sp³-hybridized carbons (Fsp3) is 0.400. The number of ether oxygens (including phenoxy) is 1. The highest BCUT2D eigenvalue weighted by Gasteiger charge is 2.31. The van der Waals surface area contributed by atoms with Gasteiger partial charge in [0.1, 0.15) is 5.60 Å². The molecule has 2 aromatic rings. The van der Waals surface area contributed by atoms with E-state index in [1.807, 2.05) is 30.1 Å². The number of hydrogen-bond acceptors (Lipinski definition) is 5. The summed E-state index contributed by atoms with van der Waals surface area (Å²) in [5.41, 5.74) is 0.662. The molecule has 1 atom stereocenters. The van der Waals surface area contributed by atoms with Crippen LogP contribution in [0.1, 0.15) is 18.4 Å². The summed E-state index contributed by atoms with van der Waals surface area (Å²) in [5, 5.41) is 10.6. The van der Waals surface area contributed by atoms with E-state index < -0.39 is 15.6 Å². The van der Waals surface area contributed by atoms with Gasteiger partial charge in [0.25, 0.3) is 10.0 Å². The van der Waals surface area contributed by atoms with Crippen molar-refractivity contribution in [1.82, 2.24) is 4.90 Å². The van der Waals surface area contributed by atoms with Crippen molar-refractivity contribution >= 4 is 15.7 Å². The molecule has 1 aliphatic heterocycles. The van der Waals surface area contributed by atoms with Crippen molar-refractivity contribution in [1.29, 1.82) is 0 Å². The van der Waals surface area contributed by atoms with Gasteiger partial charge in [-0.3, -0.25) is 9.62 Å². The summed E-state index contributed by atoms with van der Waals surface area (Å²) in [5.74, 6) is 0. The summed E-state index contributed by atoms with van der Waals surface area (Å²) < 4.78 is 33.0. The number of nitrogens with zero attached hydrogens (tertiary/aromatic N) is 1. The topological polar surface area (TPSA) is 78.9 Å². The lowest BCUT2D eigenvalue weighted by Crippen LogP contribution is -2.47. The van der Waals surface area contributed by atoms with Crippen LogP contribution in [0.15, 0.2) is 59.5 Å². The fourth-order valence-electron chi connectivity index (χ4n) is 3.38. The van der Waals surface area contributed by atoms with Gasteiger partial charge < -0.3 is 9.84 Å². The minimum Gasteiger partial charge on any atom is -0.386 e. The first kappa shape index (κ1) is 19.8. The van der Waals surface area contributed by atoms with Gasteiger partial charge in [-0.2, -0.15) is 0 Å². The van der Waals surface area contributed by atoms with Crippen molar-refractivity contribution in [3.63, 3.8) is 0 Å². The first-order valence-electron chi connectivity index (χ1n) is 9.02. The van der Waals surface area contributed by atoms with E-state index in [1.54, 1.807) is 36.4 Å². The minimum atomic E-state index is -3.61. The number of aliphatic hydroxyl groups is 1. The Labute approximate surface area is 160 Å². The van der Waals surface area contributed by atoms with Crippen LogP contribution in [-0.2, 0) is 21.3 Å². The minimum absolute atomic E-state index is 0.229. The Bertz CT molecular complexity index is 849. The maximum absolute atomic E-state index is 12.5. The summed E-state index contributed by atoms with van der Waals surface area (Å²) in [6.07, 6.45) is 1.59. The first-order chi connectivity index (χ1) is 12.9. The van der Waals surface area contributed by atoms with Gasteiger partial charge in [-0.1, -0.05) is 30.3 Å². The molecule has 0 aliphatic carbocycles. The Kier molecular flexibility index (Phi) is 6.16. The van der Waals surface area contributed by atoms with Gasteiger partial charge in [0, 0.05) is 25.4 Å². The lowest BCUT2D eigenvalue weighted by molar-refractivity contribution is -0.0982. The molecule has 2 N–H and O–H groups in total. The van der Waals surface area contributed by atoms with E-state index in [0.29, 0.717) is 32.0 Å². The van der Waals surface area contributed by atoms with Crippen LogP contribution >= 0.6 is 0 Å². The first-order valence-corrected chi connectivity index (χ1v) is 10.5. The summed E-state index contributed by atoms with van der Waals surface area (Å²) in [7, 11) is -1.67. The molecule has 1 aliphatic rings. The molecule has 0 aromatic heterocycles. The molecule has 3 rings (SSSR count). The third-order valence-electron chi connectivity index (χ3n) is 4.55. The average Bonchev–Trinajstić information content (AvgIpc) is 2.62. The molecule has 6 nitrogen and oxygen atoms in total. The SMILES string of the molecule is CN(Cc1cccc(NS(=O)(=O)c2ccccc2)c1)CC1(O)CCCOC1. The Morgan fingerprint density at radius 2 is 1.96 bits per heavy atom. The number of sulfonamides is 1. The molecule has 0 saturated carbocycles. The Morgan fingerprint density at radius 3 is 2.67 bits per heavy atom. The van der Waals surface area contributed by atoms with Crippen LogP contribution in [0.5, 0.6) is 0 Å². The van der Waals surface area contributed by atoms with Crippen molar-refractivity contribution in [3.8, 4) is 0 Å². The highest BCUT2D eigenvalue weighted by molar-refractivity contribution is 7.92. The zero-order valence-corrected chi connectivity index (χ0v) is 16.3. The maximum atomic E-state index is 12.5. The van der Waals surface area contributed by atoms with Crippen molar-refractivity contribution in [2.75, 3.05) is 31.5 Å². The van der Waals surface area contributed by atoms with Gasteiger partial charge in [-0.15, -0.1) is 0 Å². The van der Waals surface area contributed by atoms with Gasteiger partial charge in [0.05, 0.1) is 11.5 Å². The maximum Gasteiger partial charge on any atom is 0.261 e. The average molecular weight is 391 g/mol. The Hall–Kier alpha value is -1.93. The molecule has 0 amide bonds. The molecule has 27 heavy (non-hydrogen) atoms. The molecule has 1 heterocycles. The second kappa shape index (κ2) is 8.39. The van der Waals surface area contributed by atoms with Gasteiger partial charge in [0.15, 0.2) is 0 Å². The van der Waals surface area contributed by atoms with E-state index in [-0.39, 0.29) is 4.90 Å². The predicted octanol–water partition coefficient (Wildman–Crippen LogP) is 2.46. The second-order valence-corrected chi connectivity index (χ2v) is 8.85. The van der Waals surface area contributed by atoms with E-state index in [9.17, 15) is 13.5 Å². The Morgan fingerprint density at radius 1 is 1.19 bits per heavy atom. The number of benzene rings is 2. The van der Waals surface area contributed by atoms with Crippen LogP contribution in [0, 0.1) is 0 Å². The van der Waals surface area contributed by atoms with E-state index in [0.717, 1.165) is 18.4 Å². The molecule has 0 spiro atoms.